The third-order valence-electron chi connectivity index (χ3n) is 2.42. The molecule has 20 heavy (non-hydrogen) atoms. The average molecular weight is 322 g/mol. The molecule has 1 aromatic rings. The van der Waals surface area contributed by atoms with Crippen LogP contribution in [0.5, 0.6) is 0 Å². The zero-order valence-electron chi connectivity index (χ0n) is 11.1. The number of rotatable bonds is 10. The summed E-state index contributed by atoms with van der Waals surface area (Å²) in [5.74, 6) is 0.743. The molecule has 2 unspecified atom stereocenters. The van der Waals surface area contributed by atoms with Gasteiger partial charge < -0.3 is 19.6 Å². The number of hydrogen-bond acceptors (Lipinski definition) is 5. The molecule has 1 heterocycles. The maximum absolute atomic E-state index is 11.6. The lowest BCUT2D eigenvalue weighted by Crippen LogP contribution is -2.06. The third kappa shape index (κ3) is 8.46. The molecule has 0 radical (unpaired) electrons. The molecule has 0 saturated carbocycles. The topological polar surface area (TPSA) is 109 Å². The second kappa shape index (κ2) is 9.27. The summed E-state index contributed by atoms with van der Waals surface area (Å²) < 4.78 is 27.0. The molecule has 0 saturated heterocycles. The number of aromatic nitrogens is 1. The largest absolute Gasteiger partial charge is 0.370 e. The number of nitrogens with zero attached hydrogens (tertiary/aromatic N) is 1. The van der Waals surface area contributed by atoms with E-state index in [1.165, 1.54) is 0 Å². The van der Waals surface area contributed by atoms with Crippen LogP contribution in [-0.2, 0) is 13.7 Å². The minimum atomic E-state index is -3.64. The monoisotopic (exact) mass is 322 g/mol. The molecule has 114 valence electrons. The van der Waals surface area contributed by atoms with E-state index in [1.807, 2.05) is 18.2 Å². The van der Waals surface area contributed by atoms with E-state index in [4.69, 9.17) is 9.42 Å². The van der Waals surface area contributed by atoms with E-state index >= 15 is 0 Å². The first-order valence-corrected chi connectivity index (χ1v) is 9.65. The number of anilines is 1. The van der Waals surface area contributed by atoms with Gasteiger partial charge in [0.2, 0.25) is 0 Å². The van der Waals surface area contributed by atoms with Gasteiger partial charge in [0.05, 0.1) is 12.8 Å². The lowest BCUT2D eigenvalue weighted by molar-refractivity contribution is 0.258. The fourth-order valence-electron chi connectivity index (χ4n) is 1.46. The highest BCUT2D eigenvalue weighted by molar-refractivity contribution is 7.52. The molecular formula is C11H20N2O5P2. The molecule has 0 fully saturated rings. The van der Waals surface area contributed by atoms with Crippen molar-refractivity contribution in [2.75, 3.05) is 30.8 Å². The van der Waals surface area contributed by atoms with Crippen molar-refractivity contribution in [1.82, 2.24) is 4.98 Å². The van der Waals surface area contributed by atoms with Crippen LogP contribution in [0.15, 0.2) is 24.4 Å². The first kappa shape index (κ1) is 17.3. The van der Waals surface area contributed by atoms with Gasteiger partial charge in [-0.15, -0.1) is 0 Å². The second-order valence-electron chi connectivity index (χ2n) is 4.19. The number of hydrogen-bond donors (Lipinski definition) is 3. The standard InChI is InChI=1S/C11H20N2O5P2/c14-19(15)9-4-10-20(16,17)18-8-3-7-13-11-5-1-2-6-12-11/h1-2,5-6,19H,3-4,7-10H2,(H,12,13)(H,14,15)(H,16,17). The SMILES string of the molecule is O=[PH](O)CCCP(=O)(O)OCCCNc1ccccn1. The minimum absolute atomic E-state index is 0.0554. The van der Waals surface area contributed by atoms with Gasteiger partial charge in [0.15, 0.2) is 8.03 Å². The smallest absolute Gasteiger partial charge is 0.328 e. The Morgan fingerprint density at radius 1 is 1.40 bits per heavy atom. The normalized spacial score (nSPS) is 15.5. The summed E-state index contributed by atoms with van der Waals surface area (Å²) in [6.45, 7) is 0.739. The van der Waals surface area contributed by atoms with E-state index in [1.54, 1.807) is 6.20 Å². The summed E-state index contributed by atoms with van der Waals surface area (Å²) >= 11 is 0. The van der Waals surface area contributed by atoms with Crippen molar-refractivity contribution in [2.45, 2.75) is 12.8 Å². The van der Waals surface area contributed by atoms with Gasteiger partial charge in [-0.25, -0.2) is 4.98 Å². The van der Waals surface area contributed by atoms with E-state index in [0.717, 1.165) is 5.82 Å². The second-order valence-corrected chi connectivity index (χ2v) is 7.45. The van der Waals surface area contributed by atoms with Gasteiger partial charge >= 0.3 is 7.60 Å². The van der Waals surface area contributed by atoms with E-state index in [2.05, 4.69) is 10.3 Å². The fourth-order valence-corrected chi connectivity index (χ4v) is 3.34. The molecule has 0 spiro atoms. The minimum Gasteiger partial charge on any atom is -0.370 e. The molecule has 7 nitrogen and oxygen atoms in total. The zero-order chi connectivity index (χ0) is 14.8. The van der Waals surface area contributed by atoms with Crippen molar-refractivity contribution in [3.63, 3.8) is 0 Å². The predicted octanol–water partition coefficient (Wildman–Crippen LogP) is 1.94. The van der Waals surface area contributed by atoms with Crippen LogP contribution >= 0.6 is 15.6 Å². The molecule has 3 N–H and O–H groups in total. The molecular weight excluding hydrogens is 302 g/mol. The third-order valence-corrected chi connectivity index (χ3v) is 4.67. The van der Waals surface area contributed by atoms with Gasteiger partial charge in [-0.3, -0.25) is 9.13 Å². The van der Waals surface area contributed by atoms with Gasteiger partial charge in [0, 0.05) is 18.9 Å². The van der Waals surface area contributed by atoms with Crippen molar-refractivity contribution < 1.29 is 23.4 Å². The van der Waals surface area contributed by atoms with E-state index in [0.29, 0.717) is 13.0 Å². The summed E-state index contributed by atoms with van der Waals surface area (Å²) in [6.07, 6.45) is 2.43. The van der Waals surface area contributed by atoms with E-state index < -0.39 is 15.6 Å². The maximum atomic E-state index is 11.6. The van der Waals surface area contributed by atoms with Gasteiger partial charge in [-0.2, -0.15) is 0 Å². The summed E-state index contributed by atoms with van der Waals surface area (Å²) in [5, 5.41) is 3.06. The van der Waals surface area contributed by atoms with Crippen LogP contribution < -0.4 is 5.32 Å². The highest BCUT2D eigenvalue weighted by atomic mass is 31.2. The number of nitrogens with one attached hydrogen (secondary N) is 1. The highest BCUT2D eigenvalue weighted by Gasteiger charge is 2.18. The lowest BCUT2D eigenvalue weighted by atomic mass is 10.4. The molecule has 0 bridgehead atoms. The van der Waals surface area contributed by atoms with E-state index in [-0.39, 0.29) is 25.4 Å². The molecule has 0 aliphatic rings. The van der Waals surface area contributed by atoms with Crippen molar-refractivity contribution in [3.8, 4) is 0 Å². The maximum Gasteiger partial charge on any atom is 0.328 e. The molecule has 1 aromatic heterocycles. The van der Waals surface area contributed by atoms with Crippen molar-refractivity contribution >= 4 is 21.4 Å². The molecule has 0 amide bonds. The Labute approximate surface area is 118 Å². The van der Waals surface area contributed by atoms with Crippen LogP contribution in [0.25, 0.3) is 0 Å². The lowest BCUT2D eigenvalue weighted by Gasteiger charge is -2.12. The van der Waals surface area contributed by atoms with Crippen molar-refractivity contribution in [1.29, 1.82) is 0 Å². The first-order valence-electron chi connectivity index (χ1n) is 6.33. The van der Waals surface area contributed by atoms with Gasteiger partial charge in [0.25, 0.3) is 0 Å². The van der Waals surface area contributed by atoms with Crippen molar-refractivity contribution in [3.05, 3.63) is 24.4 Å². The Kier molecular flexibility index (Phi) is 8.04. The molecule has 9 heteroatoms. The molecule has 0 aromatic carbocycles. The molecule has 0 aliphatic heterocycles. The van der Waals surface area contributed by atoms with Crippen LogP contribution in [0.1, 0.15) is 12.8 Å². The summed E-state index contributed by atoms with van der Waals surface area (Å²) in [6, 6.07) is 5.51. The van der Waals surface area contributed by atoms with E-state index in [9.17, 15) is 14.0 Å². The summed E-state index contributed by atoms with van der Waals surface area (Å²) in [7, 11) is -6.21. The Hall–Kier alpha value is -0.710. The molecule has 2 atom stereocenters. The van der Waals surface area contributed by atoms with Crippen molar-refractivity contribution in [2.24, 2.45) is 0 Å². The Bertz CT molecular complexity index is 457. The van der Waals surface area contributed by atoms with Crippen LogP contribution in [0.4, 0.5) is 5.82 Å². The van der Waals surface area contributed by atoms with Crippen LogP contribution in [-0.4, -0.2) is 40.2 Å². The molecule has 1 rings (SSSR count). The Morgan fingerprint density at radius 2 is 2.20 bits per heavy atom. The number of pyridine rings is 1. The van der Waals surface area contributed by atoms with Crippen LogP contribution in [0, 0.1) is 0 Å². The Morgan fingerprint density at radius 3 is 2.85 bits per heavy atom. The summed E-state index contributed by atoms with van der Waals surface area (Å²) in [4.78, 5) is 22.2. The Balaban J connectivity index is 2.10. The van der Waals surface area contributed by atoms with Gasteiger partial charge in [0.1, 0.15) is 5.82 Å². The van der Waals surface area contributed by atoms with Crippen LogP contribution in [0.2, 0.25) is 0 Å². The van der Waals surface area contributed by atoms with Gasteiger partial charge in [-0.1, -0.05) is 6.07 Å². The molecule has 0 aliphatic carbocycles. The highest BCUT2D eigenvalue weighted by Crippen LogP contribution is 2.43. The zero-order valence-corrected chi connectivity index (χ0v) is 13.0. The van der Waals surface area contributed by atoms with Crippen LogP contribution in [0.3, 0.4) is 0 Å². The van der Waals surface area contributed by atoms with Gasteiger partial charge in [-0.05, 0) is 25.0 Å². The summed E-state index contributed by atoms with van der Waals surface area (Å²) in [5.41, 5.74) is 0. The first-order chi connectivity index (χ1) is 9.49. The quantitative estimate of drug-likeness (QED) is 0.446. The average Bonchev–Trinajstić information content (AvgIpc) is 2.38. The predicted molar refractivity (Wildman–Crippen MR) is 78.7 cm³/mol. The fraction of sp³-hybridized carbons (Fsp3) is 0.545.